The number of ketones is 1. The van der Waals surface area contributed by atoms with Crippen molar-refractivity contribution >= 4 is 18.4 Å². The summed E-state index contributed by atoms with van der Waals surface area (Å²) in [6.45, 7) is 5.84. The van der Waals surface area contributed by atoms with Gasteiger partial charge in [0.05, 0.1) is 19.3 Å². The maximum Gasteiger partial charge on any atom is 0.142 e. The van der Waals surface area contributed by atoms with E-state index in [2.05, 4.69) is 12.6 Å². The van der Waals surface area contributed by atoms with Crippen molar-refractivity contribution in [3.8, 4) is 0 Å². The molecular weight excluding hydrogens is 200 g/mol. The SMILES string of the molecule is CC(C)OCCOCCCC(=O)CS. The van der Waals surface area contributed by atoms with Gasteiger partial charge in [0.1, 0.15) is 5.78 Å². The molecule has 0 bridgehead atoms. The van der Waals surface area contributed by atoms with Crippen molar-refractivity contribution in [1.82, 2.24) is 0 Å². The van der Waals surface area contributed by atoms with E-state index in [9.17, 15) is 4.79 Å². The van der Waals surface area contributed by atoms with Crippen molar-refractivity contribution < 1.29 is 14.3 Å². The summed E-state index contributed by atoms with van der Waals surface area (Å²) in [6, 6.07) is 0. The summed E-state index contributed by atoms with van der Waals surface area (Å²) in [5.74, 6) is 0.506. The summed E-state index contributed by atoms with van der Waals surface area (Å²) in [4.78, 5) is 10.8. The molecule has 0 N–H and O–H groups in total. The molecule has 0 rings (SSSR count). The smallest absolute Gasteiger partial charge is 0.142 e. The van der Waals surface area contributed by atoms with Crippen LogP contribution in [-0.4, -0.2) is 37.5 Å². The standard InChI is InChI=1S/C10H20O3S/c1-9(2)13-7-6-12-5-3-4-10(11)8-14/h9,14H,3-8H2,1-2H3. The van der Waals surface area contributed by atoms with Crippen molar-refractivity contribution in [3.05, 3.63) is 0 Å². The number of rotatable bonds is 9. The van der Waals surface area contributed by atoms with E-state index in [1.54, 1.807) is 0 Å². The predicted molar refractivity (Wildman–Crippen MR) is 60.0 cm³/mol. The molecule has 0 saturated heterocycles. The van der Waals surface area contributed by atoms with Crippen molar-refractivity contribution in [3.63, 3.8) is 0 Å². The van der Waals surface area contributed by atoms with Gasteiger partial charge >= 0.3 is 0 Å². The van der Waals surface area contributed by atoms with Gasteiger partial charge in [-0.2, -0.15) is 12.6 Å². The number of hydrogen-bond donors (Lipinski definition) is 1. The van der Waals surface area contributed by atoms with Crippen molar-refractivity contribution in [2.24, 2.45) is 0 Å². The Morgan fingerprint density at radius 3 is 2.57 bits per heavy atom. The fraction of sp³-hybridized carbons (Fsp3) is 0.900. The summed E-state index contributed by atoms with van der Waals surface area (Å²) in [5.41, 5.74) is 0. The largest absolute Gasteiger partial charge is 0.379 e. The van der Waals surface area contributed by atoms with Crippen LogP contribution in [0.1, 0.15) is 26.7 Å². The molecular formula is C10H20O3S. The van der Waals surface area contributed by atoms with E-state index >= 15 is 0 Å². The average molecular weight is 220 g/mol. The second kappa shape index (κ2) is 9.49. The zero-order chi connectivity index (χ0) is 10.8. The van der Waals surface area contributed by atoms with Gasteiger partial charge in [-0.15, -0.1) is 0 Å². The van der Waals surface area contributed by atoms with E-state index in [0.29, 0.717) is 32.0 Å². The van der Waals surface area contributed by atoms with Crippen LogP contribution in [-0.2, 0) is 14.3 Å². The minimum Gasteiger partial charge on any atom is -0.379 e. The maximum absolute atomic E-state index is 10.8. The monoisotopic (exact) mass is 220 g/mol. The first-order valence-corrected chi connectivity index (χ1v) is 5.62. The highest BCUT2D eigenvalue weighted by Crippen LogP contribution is 1.94. The number of thiol groups is 1. The summed E-state index contributed by atoms with van der Waals surface area (Å²) in [5, 5.41) is 0. The summed E-state index contributed by atoms with van der Waals surface area (Å²) in [6.07, 6.45) is 1.60. The molecule has 0 unspecified atom stereocenters. The van der Waals surface area contributed by atoms with Crippen LogP contribution in [0.4, 0.5) is 0 Å². The van der Waals surface area contributed by atoms with Crippen LogP contribution in [0.25, 0.3) is 0 Å². The van der Waals surface area contributed by atoms with E-state index in [-0.39, 0.29) is 11.9 Å². The molecule has 14 heavy (non-hydrogen) atoms. The number of carbonyl (C=O) groups excluding carboxylic acids is 1. The van der Waals surface area contributed by atoms with Crippen LogP contribution >= 0.6 is 12.6 Å². The normalized spacial score (nSPS) is 10.9. The molecule has 84 valence electrons. The Morgan fingerprint density at radius 2 is 2.00 bits per heavy atom. The third-order valence-corrected chi connectivity index (χ3v) is 1.95. The van der Waals surface area contributed by atoms with Crippen LogP contribution < -0.4 is 0 Å². The molecule has 0 fully saturated rings. The lowest BCUT2D eigenvalue weighted by Gasteiger charge is -2.07. The highest BCUT2D eigenvalue weighted by Gasteiger charge is 1.98. The highest BCUT2D eigenvalue weighted by molar-refractivity contribution is 7.81. The van der Waals surface area contributed by atoms with E-state index < -0.39 is 0 Å². The maximum atomic E-state index is 10.8. The molecule has 0 saturated carbocycles. The van der Waals surface area contributed by atoms with Gasteiger partial charge in [-0.25, -0.2) is 0 Å². The van der Waals surface area contributed by atoms with Crippen LogP contribution in [0.15, 0.2) is 0 Å². The Hall–Kier alpha value is -0.0600. The van der Waals surface area contributed by atoms with Crippen LogP contribution in [0.2, 0.25) is 0 Å². The first kappa shape index (κ1) is 13.9. The molecule has 0 radical (unpaired) electrons. The summed E-state index contributed by atoms with van der Waals surface area (Å²) in [7, 11) is 0. The molecule has 0 heterocycles. The third kappa shape index (κ3) is 10.0. The summed E-state index contributed by atoms with van der Waals surface area (Å²) < 4.78 is 10.6. The second-order valence-corrected chi connectivity index (χ2v) is 3.65. The Labute approximate surface area is 91.6 Å². The van der Waals surface area contributed by atoms with Gasteiger partial charge in [0.2, 0.25) is 0 Å². The van der Waals surface area contributed by atoms with Gasteiger partial charge in [0.25, 0.3) is 0 Å². The topological polar surface area (TPSA) is 35.5 Å². The molecule has 0 spiro atoms. The van der Waals surface area contributed by atoms with Gasteiger partial charge in [-0.1, -0.05) is 0 Å². The van der Waals surface area contributed by atoms with Gasteiger partial charge in [-0.3, -0.25) is 4.79 Å². The highest BCUT2D eigenvalue weighted by atomic mass is 32.1. The first-order chi connectivity index (χ1) is 6.66. The minimum absolute atomic E-state index is 0.176. The molecule has 0 aliphatic rings. The van der Waals surface area contributed by atoms with E-state index in [4.69, 9.17) is 9.47 Å². The second-order valence-electron chi connectivity index (χ2n) is 3.33. The third-order valence-electron chi connectivity index (χ3n) is 1.60. The summed E-state index contributed by atoms with van der Waals surface area (Å²) >= 11 is 3.89. The number of ether oxygens (including phenoxy) is 2. The molecule has 0 aliphatic heterocycles. The van der Waals surface area contributed by atoms with Crippen LogP contribution in [0.3, 0.4) is 0 Å². The van der Waals surface area contributed by atoms with Gasteiger partial charge < -0.3 is 9.47 Å². The first-order valence-electron chi connectivity index (χ1n) is 4.98. The Morgan fingerprint density at radius 1 is 1.29 bits per heavy atom. The van der Waals surface area contributed by atoms with Crippen molar-refractivity contribution in [1.29, 1.82) is 0 Å². The molecule has 3 nitrogen and oxygen atoms in total. The number of carbonyl (C=O) groups is 1. The lowest BCUT2D eigenvalue weighted by Crippen LogP contribution is -2.10. The van der Waals surface area contributed by atoms with Crippen molar-refractivity contribution in [2.45, 2.75) is 32.8 Å². The van der Waals surface area contributed by atoms with Gasteiger partial charge in [0.15, 0.2) is 0 Å². The Kier molecular flexibility index (Phi) is 9.45. The molecule has 0 aromatic rings. The van der Waals surface area contributed by atoms with Gasteiger partial charge in [0, 0.05) is 18.8 Å². The number of Topliss-reactive ketones (excluding diaryl/α,β-unsaturated/α-hetero) is 1. The molecule has 0 aromatic heterocycles. The average Bonchev–Trinajstić information content (AvgIpc) is 2.15. The molecule has 0 aromatic carbocycles. The molecule has 0 aliphatic carbocycles. The lowest BCUT2D eigenvalue weighted by atomic mass is 10.2. The van der Waals surface area contributed by atoms with Gasteiger partial charge in [-0.05, 0) is 20.3 Å². The zero-order valence-electron chi connectivity index (χ0n) is 8.99. The number of hydrogen-bond acceptors (Lipinski definition) is 4. The van der Waals surface area contributed by atoms with Crippen LogP contribution in [0, 0.1) is 0 Å². The van der Waals surface area contributed by atoms with Crippen molar-refractivity contribution in [2.75, 3.05) is 25.6 Å². The fourth-order valence-corrected chi connectivity index (χ4v) is 1.05. The lowest BCUT2D eigenvalue weighted by molar-refractivity contribution is -0.116. The van der Waals surface area contributed by atoms with Crippen LogP contribution in [0.5, 0.6) is 0 Å². The Bertz CT molecular complexity index is 148. The quantitative estimate of drug-likeness (QED) is 0.474. The molecule has 4 heteroatoms. The van der Waals surface area contributed by atoms with E-state index in [0.717, 1.165) is 6.42 Å². The molecule has 0 amide bonds. The van der Waals surface area contributed by atoms with E-state index in [1.807, 2.05) is 13.8 Å². The predicted octanol–water partition coefficient (Wildman–Crippen LogP) is 1.71. The minimum atomic E-state index is 0.176. The Balaban J connectivity index is 3.03. The fourth-order valence-electron chi connectivity index (χ4n) is 0.895. The molecule has 0 atom stereocenters. The zero-order valence-corrected chi connectivity index (χ0v) is 9.89. The van der Waals surface area contributed by atoms with E-state index in [1.165, 1.54) is 0 Å².